The van der Waals surface area contributed by atoms with Crippen LogP contribution >= 0.6 is 22.9 Å². The molecule has 2 heterocycles. The molecule has 150 valence electrons. The predicted octanol–water partition coefficient (Wildman–Crippen LogP) is 5.63. The maximum absolute atomic E-state index is 12.6. The van der Waals surface area contributed by atoms with E-state index in [2.05, 4.69) is 27.3 Å². The number of halogens is 1. The molecule has 1 saturated heterocycles. The van der Waals surface area contributed by atoms with Gasteiger partial charge >= 0.3 is 0 Å². The molecule has 0 unspecified atom stereocenters. The molecular formula is C23H24ClN3OS. The smallest absolute Gasteiger partial charge is 0.257 e. The number of aromatic nitrogens is 1. The SMILES string of the molecule is O=C(Nc1ncc(Cc2ccc(Cl)cc2)s1)c1ccc(CN2CCCCC2)cc1. The molecule has 1 aliphatic rings. The van der Waals surface area contributed by atoms with Gasteiger partial charge in [0, 0.05) is 34.6 Å². The van der Waals surface area contributed by atoms with Gasteiger partial charge < -0.3 is 0 Å². The summed E-state index contributed by atoms with van der Waals surface area (Å²) in [6, 6.07) is 15.7. The summed E-state index contributed by atoms with van der Waals surface area (Å²) in [5.74, 6) is -0.123. The number of nitrogens with zero attached hydrogens (tertiary/aromatic N) is 2. The molecular weight excluding hydrogens is 402 g/mol. The van der Waals surface area contributed by atoms with Crippen molar-refractivity contribution in [2.24, 2.45) is 0 Å². The first-order valence-corrected chi connectivity index (χ1v) is 11.2. The number of carbonyl (C=O) groups excluding carboxylic acids is 1. The van der Waals surface area contributed by atoms with Crippen molar-refractivity contribution in [2.75, 3.05) is 18.4 Å². The quantitative estimate of drug-likeness (QED) is 0.557. The van der Waals surface area contributed by atoms with E-state index < -0.39 is 0 Å². The van der Waals surface area contributed by atoms with Crippen molar-refractivity contribution in [1.29, 1.82) is 0 Å². The van der Waals surface area contributed by atoms with Crippen LogP contribution in [0, 0.1) is 0 Å². The fourth-order valence-electron chi connectivity index (χ4n) is 3.56. The summed E-state index contributed by atoms with van der Waals surface area (Å²) in [7, 11) is 0. The fourth-order valence-corrected chi connectivity index (χ4v) is 4.52. The molecule has 29 heavy (non-hydrogen) atoms. The van der Waals surface area contributed by atoms with E-state index in [1.807, 2.05) is 42.6 Å². The largest absolute Gasteiger partial charge is 0.299 e. The average molecular weight is 426 g/mol. The number of piperidine rings is 1. The molecule has 1 aromatic heterocycles. The fraction of sp³-hybridized carbons (Fsp3) is 0.304. The highest BCUT2D eigenvalue weighted by Gasteiger charge is 2.12. The van der Waals surface area contributed by atoms with Gasteiger partial charge in [-0.2, -0.15) is 0 Å². The van der Waals surface area contributed by atoms with Crippen LogP contribution in [0.3, 0.4) is 0 Å². The van der Waals surface area contributed by atoms with Crippen molar-refractivity contribution < 1.29 is 4.79 Å². The third-order valence-electron chi connectivity index (χ3n) is 5.14. The molecule has 1 aliphatic heterocycles. The summed E-state index contributed by atoms with van der Waals surface area (Å²) >= 11 is 7.43. The summed E-state index contributed by atoms with van der Waals surface area (Å²) in [6.07, 6.45) is 6.50. The number of hydrogen-bond donors (Lipinski definition) is 1. The normalized spacial score (nSPS) is 14.7. The van der Waals surface area contributed by atoms with Gasteiger partial charge in [0.25, 0.3) is 5.91 Å². The number of thiazole rings is 1. The Labute approximate surface area is 180 Å². The Balaban J connectivity index is 1.33. The van der Waals surface area contributed by atoms with Gasteiger partial charge in [-0.3, -0.25) is 15.0 Å². The van der Waals surface area contributed by atoms with E-state index in [1.54, 1.807) is 0 Å². The van der Waals surface area contributed by atoms with Crippen LogP contribution < -0.4 is 5.32 Å². The third-order valence-corrected chi connectivity index (χ3v) is 6.30. The van der Waals surface area contributed by atoms with Gasteiger partial charge in [-0.15, -0.1) is 11.3 Å². The average Bonchev–Trinajstić information content (AvgIpc) is 3.18. The van der Waals surface area contributed by atoms with Crippen molar-refractivity contribution >= 4 is 34.0 Å². The minimum absolute atomic E-state index is 0.123. The van der Waals surface area contributed by atoms with E-state index >= 15 is 0 Å². The number of rotatable bonds is 6. The Morgan fingerprint density at radius 3 is 2.41 bits per heavy atom. The molecule has 4 rings (SSSR count). The van der Waals surface area contributed by atoms with Crippen LogP contribution in [0.25, 0.3) is 0 Å². The Kier molecular flexibility index (Phi) is 6.60. The second-order valence-electron chi connectivity index (χ2n) is 7.42. The minimum atomic E-state index is -0.123. The number of carbonyl (C=O) groups is 1. The van der Waals surface area contributed by atoms with Gasteiger partial charge in [0.15, 0.2) is 5.13 Å². The van der Waals surface area contributed by atoms with Crippen molar-refractivity contribution in [3.8, 4) is 0 Å². The summed E-state index contributed by atoms with van der Waals surface area (Å²) in [5.41, 5.74) is 3.07. The summed E-state index contributed by atoms with van der Waals surface area (Å²) in [6.45, 7) is 3.30. The molecule has 2 aromatic carbocycles. The maximum atomic E-state index is 12.6. The lowest BCUT2D eigenvalue weighted by atomic mass is 10.1. The van der Waals surface area contributed by atoms with Crippen LogP contribution in [0.1, 0.15) is 45.6 Å². The Morgan fingerprint density at radius 1 is 1.00 bits per heavy atom. The second kappa shape index (κ2) is 9.53. The number of amides is 1. The van der Waals surface area contributed by atoms with Crippen LogP contribution in [-0.4, -0.2) is 28.9 Å². The second-order valence-corrected chi connectivity index (χ2v) is 8.97. The number of hydrogen-bond acceptors (Lipinski definition) is 4. The minimum Gasteiger partial charge on any atom is -0.299 e. The predicted molar refractivity (Wildman–Crippen MR) is 120 cm³/mol. The van der Waals surface area contributed by atoms with Gasteiger partial charge in [-0.25, -0.2) is 4.98 Å². The number of anilines is 1. The number of nitrogens with one attached hydrogen (secondary N) is 1. The van der Waals surface area contributed by atoms with Crippen LogP contribution in [0.2, 0.25) is 5.02 Å². The van der Waals surface area contributed by atoms with Gasteiger partial charge in [-0.1, -0.05) is 42.3 Å². The first-order chi connectivity index (χ1) is 14.2. The van der Waals surface area contributed by atoms with E-state index in [9.17, 15) is 4.79 Å². The standard InChI is InChI=1S/C23H24ClN3OS/c24-20-10-6-17(7-11-20)14-21-15-25-23(29-21)26-22(28)19-8-4-18(5-9-19)16-27-12-2-1-3-13-27/h4-11,15H,1-3,12-14,16H2,(H,25,26,28). The van der Waals surface area contributed by atoms with E-state index in [4.69, 9.17) is 11.6 Å². The van der Waals surface area contributed by atoms with E-state index in [0.717, 1.165) is 22.9 Å². The van der Waals surface area contributed by atoms with Crippen LogP contribution in [0.4, 0.5) is 5.13 Å². The zero-order valence-corrected chi connectivity index (χ0v) is 17.8. The molecule has 0 spiro atoms. The first kappa shape index (κ1) is 20.1. The highest BCUT2D eigenvalue weighted by Crippen LogP contribution is 2.23. The Bertz CT molecular complexity index is 947. The molecule has 1 N–H and O–H groups in total. The van der Waals surface area contributed by atoms with Crippen molar-refractivity contribution in [3.63, 3.8) is 0 Å². The molecule has 1 fully saturated rings. The maximum Gasteiger partial charge on any atom is 0.257 e. The Hall–Kier alpha value is -2.21. The zero-order valence-electron chi connectivity index (χ0n) is 16.2. The third kappa shape index (κ3) is 5.66. The Morgan fingerprint density at radius 2 is 1.69 bits per heavy atom. The molecule has 3 aromatic rings. The van der Waals surface area contributed by atoms with Gasteiger partial charge in [0.05, 0.1) is 0 Å². The first-order valence-electron chi connectivity index (χ1n) is 9.97. The molecule has 1 amide bonds. The van der Waals surface area contributed by atoms with Crippen LogP contribution in [0.15, 0.2) is 54.7 Å². The van der Waals surface area contributed by atoms with Gasteiger partial charge in [-0.05, 0) is 61.3 Å². The lowest BCUT2D eigenvalue weighted by Crippen LogP contribution is -2.29. The van der Waals surface area contributed by atoms with E-state index in [1.165, 1.54) is 54.8 Å². The van der Waals surface area contributed by atoms with Gasteiger partial charge in [0.2, 0.25) is 0 Å². The molecule has 4 nitrogen and oxygen atoms in total. The highest BCUT2D eigenvalue weighted by molar-refractivity contribution is 7.15. The van der Waals surface area contributed by atoms with Crippen molar-refractivity contribution in [2.45, 2.75) is 32.2 Å². The monoisotopic (exact) mass is 425 g/mol. The van der Waals surface area contributed by atoms with Gasteiger partial charge in [0.1, 0.15) is 0 Å². The van der Waals surface area contributed by atoms with E-state index in [-0.39, 0.29) is 5.91 Å². The molecule has 0 aliphatic carbocycles. The number of benzene rings is 2. The summed E-state index contributed by atoms with van der Waals surface area (Å²) in [5, 5.41) is 4.26. The number of likely N-dealkylation sites (tertiary alicyclic amines) is 1. The van der Waals surface area contributed by atoms with Crippen molar-refractivity contribution in [1.82, 2.24) is 9.88 Å². The summed E-state index contributed by atoms with van der Waals surface area (Å²) in [4.78, 5) is 20.5. The molecule has 0 bridgehead atoms. The topological polar surface area (TPSA) is 45.2 Å². The molecule has 0 radical (unpaired) electrons. The molecule has 6 heteroatoms. The molecule has 0 atom stereocenters. The van der Waals surface area contributed by atoms with E-state index in [0.29, 0.717) is 10.7 Å². The summed E-state index contributed by atoms with van der Waals surface area (Å²) < 4.78 is 0. The lowest BCUT2D eigenvalue weighted by molar-refractivity contribution is 0.102. The lowest BCUT2D eigenvalue weighted by Gasteiger charge is -2.26. The zero-order chi connectivity index (χ0) is 20.1. The van der Waals surface area contributed by atoms with Crippen molar-refractivity contribution in [3.05, 3.63) is 81.3 Å². The molecule has 0 saturated carbocycles. The van der Waals surface area contributed by atoms with Crippen LogP contribution in [0.5, 0.6) is 0 Å². The van der Waals surface area contributed by atoms with Crippen LogP contribution in [-0.2, 0) is 13.0 Å². The highest BCUT2D eigenvalue weighted by atomic mass is 35.5.